The fraction of sp³-hybridized carbons (Fsp3) is 0.474. The Hall–Kier alpha value is -1.98. The van der Waals surface area contributed by atoms with Gasteiger partial charge in [-0.1, -0.05) is 6.07 Å². The Balaban J connectivity index is 1.38. The van der Waals surface area contributed by atoms with Crippen LogP contribution in [0.2, 0.25) is 0 Å². The van der Waals surface area contributed by atoms with Crippen LogP contribution >= 0.6 is 0 Å². The van der Waals surface area contributed by atoms with Crippen LogP contribution in [-0.4, -0.2) is 37.7 Å². The highest BCUT2D eigenvalue weighted by atomic mass is 16.6. The summed E-state index contributed by atoms with van der Waals surface area (Å²) in [7, 11) is 0. The molecule has 4 rings (SSSR count). The average molecular weight is 328 g/mol. The summed E-state index contributed by atoms with van der Waals surface area (Å²) in [5, 5.41) is 3.58. The van der Waals surface area contributed by atoms with Crippen molar-refractivity contribution < 1.29 is 13.9 Å². The number of hydrogen-bond acceptors (Lipinski definition) is 5. The van der Waals surface area contributed by atoms with Crippen LogP contribution in [0, 0.1) is 0 Å². The quantitative estimate of drug-likeness (QED) is 0.883. The lowest BCUT2D eigenvalue weighted by molar-refractivity contribution is 0.171. The van der Waals surface area contributed by atoms with E-state index in [4.69, 9.17) is 13.9 Å². The van der Waals surface area contributed by atoms with E-state index in [-0.39, 0.29) is 0 Å². The molecule has 0 bridgehead atoms. The van der Waals surface area contributed by atoms with Crippen LogP contribution < -0.4 is 14.8 Å². The van der Waals surface area contributed by atoms with Crippen molar-refractivity contribution in [3.05, 3.63) is 47.9 Å². The number of rotatable bonds is 6. The molecule has 1 atom stereocenters. The van der Waals surface area contributed by atoms with E-state index in [9.17, 15) is 0 Å². The molecule has 5 nitrogen and oxygen atoms in total. The van der Waals surface area contributed by atoms with Crippen molar-refractivity contribution in [1.29, 1.82) is 0 Å². The van der Waals surface area contributed by atoms with Gasteiger partial charge in [0.25, 0.3) is 0 Å². The Morgan fingerprint density at radius 3 is 2.67 bits per heavy atom. The van der Waals surface area contributed by atoms with Crippen molar-refractivity contribution in [2.75, 3.05) is 32.8 Å². The lowest BCUT2D eigenvalue weighted by Crippen LogP contribution is -2.33. The molecule has 128 valence electrons. The molecule has 0 amide bonds. The smallest absolute Gasteiger partial charge is 0.161 e. The minimum Gasteiger partial charge on any atom is -0.486 e. The molecule has 3 heterocycles. The van der Waals surface area contributed by atoms with E-state index in [1.807, 2.05) is 12.1 Å². The second-order valence-electron chi connectivity index (χ2n) is 6.38. The van der Waals surface area contributed by atoms with Gasteiger partial charge in [-0.25, -0.2) is 0 Å². The predicted octanol–water partition coefficient (Wildman–Crippen LogP) is 2.98. The van der Waals surface area contributed by atoms with E-state index in [0.29, 0.717) is 19.3 Å². The first-order valence-corrected chi connectivity index (χ1v) is 8.77. The van der Waals surface area contributed by atoms with E-state index in [1.165, 1.54) is 18.4 Å². The molecule has 2 aliphatic heterocycles. The van der Waals surface area contributed by atoms with Crippen molar-refractivity contribution in [1.82, 2.24) is 10.2 Å². The first-order chi connectivity index (χ1) is 11.9. The van der Waals surface area contributed by atoms with Gasteiger partial charge in [0.15, 0.2) is 11.5 Å². The van der Waals surface area contributed by atoms with E-state index in [1.54, 1.807) is 6.26 Å². The number of furan rings is 1. The number of fused-ring (bicyclic) bond motifs is 1. The number of benzene rings is 1. The number of hydrogen-bond donors (Lipinski definition) is 1. The Bertz CT molecular complexity index is 651. The molecule has 0 aliphatic carbocycles. The second kappa shape index (κ2) is 7.28. The molecule has 1 fully saturated rings. The zero-order valence-electron chi connectivity index (χ0n) is 13.9. The summed E-state index contributed by atoms with van der Waals surface area (Å²) in [5.74, 6) is 2.74. The van der Waals surface area contributed by atoms with Gasteiger partial charge in [-0.05, 0) is 55.8 Å². The highest BCUT2D eigenvalue weighted by Gasteiger charge is 2.25. The molecule has 5 heteroatoms. The molecule has 1 aromatic heterocycles. The van der Waals surface area contributed by atoms with Gasteiger partial charge < -0.3 is 19.2 Å². The summed E-state index contributed by atoms with van der Waals surface area (Å²) in [4.78, 5) is 2.51. The summed E-state index contributed by atoms with van der Waals surface area (Å²) in [6.45, 7) is 5.24. The van der Waals surface area contributed by atoms with Crippen molar-refractivity contribution >= 4 is 0 Å². The largest absolute Gasteiger partial charge is 0.486 e. The van der Waals surface area contributed by atoms with Gasteiger partial charge >= 0.3 is 0 Å². The monoisotopic (exact) mass is 328 g/mol. The minimum atomic E-state index is 0.305. The SMILES string of the molecule is c1coc([C@H](CNCc2ccc3c(c2)OCCO3)N2CCCC2)c1. The number of nitrogens with one attached hydrogen (secondary N) is 1. The minimum absolute atomic E-state index is 0.305. The average Bonchev–Trinajstić information content (AvgIpc) is 3.32. The van der Waals surface area contributed by atoms with Crippen molar-refractivity contribution in [3.8, 4) is 11.5 Å². The first kappa shape index (κ1) is 15.5. The van der Waals surface area contributed by atoms with Gasteiger partial charge in [0.2, 0.25) is 0 Å². The highest BCUT2D eigenvalue weighted by Crippen LogP contribution is 2.31. The zero-order chi connectivity index (χ0) is 16.2. The van der Waals surface area contributed by atoms with Crippen LogP contribution in [0.5, 0.6) is 11.5 Å². The zero-order valence-corrected chi connectivity index (χ0v) is 13.9. The van der Waals surface area contributed by atoms with Crippen molar-refractivity contribution in [2.24, 2.45) is 0 Å². The molecular weight excluding hydrogens is 304 g/mol. The molecule has 1 aromatic carbocycles. The van der Waals surface area contributed by atoms with Crippen molar-refractivity contribution in [2.45, 2.75) is 25.4 Å². The molecule has 0 radical (unpaired) electrons. The van der Waals surface area contributed by atoms with Gasteiger partial charge in [-0.3, -0.25) is 4.90 Å². The van der Waals surface area contributed by atoms with Crippen molar-refractivity contribution in [3.63, 3.8) is 0 Å². The molecule has 0 saturated carbocycles. The number of nitrogens with zero attached hydrogens (tertiary/aromatic N) is 1. The Labute approximate surface area is 142 Å². The van der Waals surface area contributed by atoms with Crippen LogP contribution in [0.1, 0.15) is 30.2 Å². The molecule has 1 saturated heterocycles. The summed E-state index contributed by atoms with van der Waals surface area (Å²) in [5.41, 5.74) is 1.21. The summed E-state index contributed by atoms with van der Waals surface area (Å²) >= 11 is 0. The molecule has 0 unspecified atom stereocenters. The van der Waals surface area contributed by atoms with Gasteiger partial charge in [0.1, 0.15) is 19.0 Å². The normalized spacial score (nSPS) is 18.7. The molecule has 2 aromatic rings. The maximum Gasteiger partial charge on any atom is 0.161 e. The second-order valence-corrected chi connectivity index (χ2v) is 6.38. The third kappa shape index (κ3) is 3.42. The lowest BCUT2D eigenvalue weighted by atomic mass is 10.1. The van der Waals surface area contributed by atoms with E-state index < -0.39 is 0 Å². The number of likely N-dealkylation sites (tertiary alicyclic amines) is 1. The lowest BCUT2D eigenvalue weighted by Gasteiger charge is -2.26. The summed E-state index contributed by atoms with van der Waals surface area (Å²) in [6.07, 6.45) is 4.32. The number of ether oxygens (including phenoxy) is 2. The van der Waals surface area contributed by atoms with Gasteiger partial charge in [0, 0.05) is 13.1 Å². The van der Waals surface area contributed by atoms with Crippen LogP contribution in [0.15, 0.2) is 41.0 Å². The molecule has 24 heavy (non-hydrogen) atoms. The predicted molar refractivity (Wildman–Crippen MR) is 91.4 cm³/mol. The van der Waals surface area contributed by atoms with Crippen LogP contribution in [0.3, 0.4) is 0 Å². The maximum absolute atomic E-state index is 5.67. The van der Waals surface area contributed by atoms with Gasteiger partial charge in [0.05, 0.1) is 12.3 Å². The van der Waals surface area contributed by atoms with Crippen LogP contribution in [0.4, 0.5) is 0 Å². The third-order valence-corrected chi connectivity index (χ3v) is 4.73. The fourth-order valence-corrected chi connectivity index (χ4v) is 3.49. The van der Waals surface area contributed by atoms with Crippen LogP contribution in [-0.2, 0) is 6.54 Å². The fourth-order valence-electron chi connectivity index (χ4n) is 3.49. The van der Waals surface area contributed by atoms with E-state index in [2.05, 4.69) is 28.4 Å². The molecule has 2 aliphatic rings. The Morgan fingerprint density at radius 2 is 1.88 bits per heavy atom. The van der Waals surface area contributed by atoms with Gasteiger partial charge in [-0.2, -0.15) is 0 Å². The first-order valence-electron chi connectivity index (χ1n) is 8.77. The molecular formula is C19H24N2O3. The van der Waals surface area contributed by atoms with Gasteiger partial charge in [-0.15, -0.1) is 0 Å². The Morgan fingerprint density at radius 1 is 1.04 bits per heavy atom. The van der Waals surface area contributed by atoms with E-state index >= 15 is 0 Å². The third-order valence-electron chi connectivity index (χ3n) is 4.73. The van der Waals surface area contributed by atoms with E-state index in [0.717, 1.165) is 43.4 Å². The van der Waals surface area contributed by atoms with Crippen LogP contribution in [0.25, 0.3) is 0 Å². The maximum atomic E-state index is 5.67. The molecule has 1 N–H and O–H groups in total. The highest BCUT2D eigenvalue weighted by molar-refractivity contribution is 5.43. The summed E-state index contributed by atoms with van der Waals surface area (Å²) in [6, 6.07) is 10.5. The summed E-state index contributed by atoms with van der Waals surface area (Å²) < 4.78 is 16.9. The molecule has 0 spiro atoms. The Kier molecular flexibility index (Phi) is 4.71. The standard InChI is InChI=1S/C19H24N2O3/c1-2-8-21(7-1)16(17-4-3-9-22-17)14-20-13-15-5-6-18-19(12-15)24-11-10-23-18/h3-6,9,12,16,20H,1-2,7-8,10-11,13-14H2/t16-/m0/s1. The topological polar surface area (TPSA) is 46.9 Å².